The molecule has 0 radical (unpaired) electrons. The highest BCUT2D eigenvalue weighted by molar-refractivity contribution is 6.10. The summed E-state index contributed by atoms with van der Waals surface area (Å²) in [4.78, 5) is 0. The monoisotopic (exact) mass is 355 g/mol. The zero-order valence-electron chi connectivity index (χ0n) is 16.2. The molecule has 0 amide bonds. The third-order valence-electron chi connectivity index (χ3n) is 5.09. The van der Waals surface area contributed by atoms with E-state index in [9.17, 15) is 5.26 Å². The third-order valence-corrected chi connectivity index (χ3v) is 5.09. The molecule has 0 fully saturated rings. The van der Waals surface area contributed by atoms with Crippen LogP contribution in [0.3, 0.4) is 0 Å². The second-order valence-corrected chi connectivity index (χ2v) is 7.66. The van der Waals surface area contributed by atoms with E-state index in [2.05, 4.69) is 54.8 Å². The third kappa shape index (κ3) is 2.88. The molecule has 3 heteroatoms. The maximum absolute atomic E-state index is 10.0. The van der Waals surface area contributed by atoms with Gasteiger partial charge in [0.25, 0.3) is 0 Å². The van der Waals surface area contributed by atoms with Crippen LogP contribution in [0.5, 0.6) is 0 Å². The minimum atomic E-state index is 0.591. The van der Waals surface area contributed by atoms with Crippen LogP contribution in [0.25, 0.3) is 33.2 Å². The number of pyridine rings is 1. The van der Waals surface area contributed by atoms with Gasteiger partial charge in [-0.3, -0.25) is 0 Å². The Morgan fingerprint density at radius 3 is 2.63 bits per heavy atom. The summed E-state index contributed by atoms with van der Waals surface area (Å²) in [5, 5.41) is 12.0. The number of benzene rings is 2. The highest BCUT2D eigenvalue weighted by Gasteiger charge is 2.22. The molecule has 4 rings (SSSR count). The number of furan rings is 1. The quantitative estimate of drug-likeness (QED) is 0.458. The highest BCUT2D eigenvalue weighted by atomic mass is 16.3. The fraction of sp³-hybridized carbons (Fsp3) is 0.250. The standard InChI is InChI=1S/C24H23N2O/c1-15(2)11-17-8-9-18-21(13-17)27-22-12-16(3)23(19(14-25)24(18)22)20-7-5-6-10-26(20)4/h5-10,12-13,15H,11H2,1-4H3/q+1. The minimum absolute atomic E-state index is 0.591. The zero-order valence-corrected chi connectivity index (χ0v) is 16.2. The Hall–Kier alpha value is -3.12. The SMILES string of the molecule is Cc1cc2oc3cc(CC(C)C)ccc3c2c(C#N)c1-c1cccc[n+]1C. The van der Waals surface area contributed by atoms with Gasteiger partial charge in [0.05, 0.1) is 11.1 Å². The predicted molar refractivity (Wildman–Crippen MR) is 108 cm³/mol. The van der Waals surface area contributed by atoms with Gasteiger partial charge in [-0.1, -0.05) is 26.0 Å². The van der Waals surface area contributed by atoms with Crippen molar-refractivity contribution in [1.29, 1.82) is 5.26 Å². The molecule has 2 aromatic carbocycles. The van der Waals surface area contributed by atoms with Gasteiger partial charge in [0.15, 0.2) is 6.20 Å². The fourth-order valence-corrected chi connectivity index (χ4v) is 3.93. The van der Waals surface area contributed by atoms with E-state index in [0.29, 0.717) is 11.5 Å². The van der Waals surface area contributed by atoms with Gasteiger partial charge in [-0.25, -0.2) is 4.57 Å². The predicted octanol–water partition coefficient (Wildman–Crippen LogP) is 5.46. The van der Waals surface area contributed by atoms with E-state index in [1.807, 2.05) is 32.3 Å². The summed E-state index contributed by atoms with van der Waals surface area (Å²) in [7, 11) is 2.01. The molecule has 0 aliphatic heterocycles. The molecule has 0 spiro atoms. The lowest BCUT2D eigenvalue weighted by atomic mass is 9.94. The molecular weight excluding hydrogens is 332 g/mol. The van der Waals surface area contributed by atoms with Crippen molar-refractivity contribution in [3.8, 4) is 17.3 Å². The molecule has 0 aliphatic rings. The number of aryl methyl sites for hydroxylation is 2. The molecule has 4 aromatic rings. The first-order chi connectivity index (χ1) is 13.0. The van der Waals surface area contributed by atoms with Crippen LogP contribution in [0.2, 0.25) is 0 Å². The van der Waals surface area contributed by atoms with Gasteiger partial charge in [0, 0.05) is 22.9 Å². The van der Waals surface area contributed by atoms with Crippen molar-refractivity contribution in [1.82, 2.24) is 0 Å². The average molecular weight is 355 g/mol. The second-order valence-electron chi connectivity index (χ2n) is 7.66. The van der Waals surface area contributed by atoms with Crippen LogP contribution in [0.4, 0.5) is 0 Å². The number of fused-ring (bicyclic) bond motifs is 3. The van der Waals surface area contributed by atoms with Crippen LogP contribution in [-0.2, 0) is 13.5 Å². The second kappa shape index (κ2) is 6.55. The van der Waals surface area contributed by atoms with Crippen LogP contribution in [-0.4, -0.2) is 0 Å². The van der Waals surface area contributed by atoms with Crippen molar-refractivity contribution < 1.29 is 8.98 Å². The zero-order chi connectivity index (χ0) is 19.1. The molecule has 0 saturated carbocycles. The van der Waals surface area contributed by atoms with Crippen molar-refractivity contribution in [3.63, 3.8) is 0 Å². The van der Waals surface area contributed by atoms with E-state index in [0.717, 1.165) is 45.2 Å². The van der Waals surface area contributed by atoms with Gasteiger partial charge >= 0.3 is 0 Å². The Morgan fingerprint density at radius 2 is 1.93 bits per heavy atom. The molecule has 2 aromatic heterocycles. The summed E-state index contributed by atoms with van der Waals surface area (Å²) in [5.41, 5.74) is 6.63. The summed E-state index contributed by atoms with van der Waals surface area (Å²) in [6.07, 6.45) is 3.02. The number of nitrogens with zero attached hydrogens (tertiary/aromatic N) is 2. The van der Waals surface area contributed by atoms with E-state index in [1.54, 1.807) is 0 Å². The van der Waals surface area contributed by atoms with Gasteiger partial charge in [0.1, 0.15) is 24.3 Å². The number of hydrogen-bond acceptors (Lipinski definition) is 2. The van der Waals surface area contributed by atoms with Gasteiger partial charge in [-0.2, -0.15) is 5.26 Å². The van der Waals surface area contributed by atoms with Crippen LogP contribution in [0, 0.1) is 24.2 Å². The lowest BCUT2D eigenvalue weighted by Gasteiger charge is -2.08. The summed E-state index contributed by atoms with van der Waals surface area (Å²) in [6, 6.07) is 16.9. The Kier molecular flexibility index (Phi) is 4.20. The number of rotatable bonds is 3. The summed E-state index contributed by atoms with van der Waals surface area (Å²) < 4.78 is 8.21. The smallest absolute Gasteiger partial charge is 0.213 e. The molecule has 0 atom stereocenters. The molecule has 2 heterocycles. The van der Waals surface area contributed by atoms with Crippen molar-refractivity contribution in [2.24, 2.45) is 13.0 Å². The molecule has 27 heavy (non-hydrogen) atoms. The molecule has 0 unspecified atom stereocenters. The first kappa shape index (κ1) is 17.3. The van der Waals surface area contributed by atoms with E-state index < -0.39 is 0 Å². The van der Waals surface area contributed by atoms with Gasteiger partial charge in [0.2, 0.25) is 5.69 Å². The van der Waals surface area contributed by atoms with E-state index in [4.69, 9.17) is 4.42 Å². The normalized spacial score (nSPS) is 11.4. The van der Waals surface area contributed by atoms with Crippen LogP contribution in [0.15, 0.2) is 53.1 Å². The van der Waals surface area contributed by atoms with Gasteiger partial charge < -0.3 is 4.42 Å². The fourth-order valence-electron chi connectivity index (χ4n) is 3.93. The van der Waals surface area contributed by atoms with E-state index in [1.165, 1.54) is 5.56 Å². The summed E-state index contributed by atoms with van der Waals surface area (Å²) in [6.45, 7) is 6.47. The molecule has 134 valence electrons. The average Bonchev–Trinajstić information content (AvgIpc) is 2.97. The highest BCUT2D eigenvalue weighted by Crippen LogP contribution is 2.38. The molecule has 0 saturated heterocycles. The number of hydrogen-bond donors (Lipinski definition) is 0. The van der Waals surface area contributed by atoms with Crippen LogP contribution in [0.1, 0.15) is 30.5 Å². The Bertz CT molecular complexity index is 1210. The Morgan fingerprint density at radius 1 is 1.11 bits per heavy atom. The first-order valence-corrected chi connectivity index (χ1v) is 9.33. The van der Waals surface area contributed by atoms with Crippen molar-refractivity contribution in [2.45, 2.75) is 27.2 Å². The van der Waals surface area contributed by atoms with Crippen LogP contribution >= 0.6 is 0 Å². The van der Waals surface area contributed by atoms with Gasteiger partial charge in [-0.15, -0.1) is 0 Å². The van der Waals surface area contributed by atoms with Crippen molar-refractivity contribution >= 4 is 21.9 Å². The van der Waals surface area contributed by atoms with Crippen molar-refractivity contribution in [2.75, 3.05) is 0 Å². The van der Waals surface area contributed by atoms with Gasteiger partial charge in [-0.05, 0) is 48.6 Å². The number of nitriles is 1. The Balaban J connectivity index is 2.05. The van der Waals surface area contributed by atoms with Crippen molar-refractivity contribution in [3.05, 3.63) is 65.4 Å². The van der Waals surface area contributed by atoms with E-state index >= 15 is 0 Å². The summed E-state index contributed by atoms with van der Waals surface area (Å²) >= 11 is 0. The summed E-state index contributed by atoms with van der Waals surface area (Å²) in [5.74, 6) is 0.591. The maximum Gasteiger partial charge on any atom is 0.213 e. The molecule has 0 aliphatic carbocycles. The van der Waals surface area contributed by atoms with Crippen LogP contribution < -0.4 is 4.57 Å². The molecule has 0 bridgehead atoms. The molecule has 0 N–H and O–H groups in total. The molecule has 3 nitrogen and oxygen atoms in total. The maximum atomic E-state index is 10.0. The minimum Gasteiger partial charge on any atom is -0.456 e. The lowest BCUT2D eigenvalue weighted by molar-refractivity contribution is -0.660. The molecular formula is C24H23N2O+. The lowest BCUT2D eigenvalue weighted by Crippen LogP contribution is -2.30. The largest absolute Gasteiger partial charge is 0.456 e. The van der Waals surface area contributed by atoms with E-state index in [-0.39, 0.29) is 0 Å². The topological polar surface area (TPSA) is 40.8 Å². The Labute approximate surface area is 159 Å². The first-order valence-electron chi connectivity index (χ1n) is 9.33. The number of aromatic nitrogens is 1.